The molecule has 2 aromatic carbocycles. The van der Waals surface area contributed by atoms with Gasteiger partial charge >= 0.3 is 6.03 Å². The molecule has 0 unspecified atom stereocenters. The second-order valence-corrected chi connectivity index (χ2v) is 5.97. The van der Waals surface area contributed by atoms with E-state index in [0.29, 0.717) is 22.6 Å². The summed E-state index contributed by atoms with van der Waals surface area (Å²) in [5.41, 5.74) is 3.56. The molecule has 0 aliphatic heterocycles. The normalized spacial score (nSPS) is 10.2. The molecule has 0 aliphatic carbocycles. The van der Waals surface area contributed by atoms with Crippen molar-refractivity contribution in [2.24, 2.45) is 0 Å². The maximum Gasteiger partial charge on any atom is 0.324 e. The van der Waals surface area contributed by atoms with Crippen molar-refractivity contribution in [3.05, 3.63) is 89.1 Å². The number of aryl methyl sites for hydroxylation is 2. The van der Waals surface area contributed by atoms with Crippen LogP contribution in [0.1, 0.15) is 27.0 Å². The Morgan fingerprint density at radius 2 is 1.46 bits per heavy atom. The van der Waals surface area contributed by atoms with E-state index in [-0.39, 0.29) is 11.8 Å². The van der Waals surface area contributed by atoms with E-state index in [1.807, 2.05) is 32.0 Å². The molecule has 0 radical (unpaired) electrons. The van der Waals surface area contributed by atoms with Crippen LogP contribution in [0, 0.1) is 13.8 Å². The van der Waals surface area contributed by atoms with Gasteiger partial charge < -0.3 is 5.32 Å². The Morgan fingerprint density at radius 3 is 2.08 bits per heavy atom. The van der Waals surface area contributed by atoms with Crippen LogP contribution in [0.4, 0.5) is 16.3 Å². The lowest BCUT2D eigenvalue weighted by Crippen LogP contribution is -2.21. The van der Waals surface area contributed by atoms with Gasteiger partial charge in [-0.3, -0.25) is 10.1 Å². The number of aromatic nitrogens is 1. The Bertz CT molecular complexity index is 915. The van der Waals surface area contributed by atoms with Crippen LogP contribution >= 0.6 is 0 Å². The molecule has 1 aromatic heterocycles. The first-order valence-electron chi connectivity index (χ1n) is 8.24. The van der Waals surface area contributed by atoms with Crippen molar-refractivity contribution in [2.75, 3.05) is 10.6 Å². The molecule has 3 aromatic rings. The molecule has 0 aliphatic rings. The zero-order valence-corrected chi connectivity index (χ0v) is 14.6. The predicted molar refractivity (Wildman–Crippen MR) is 103 cm³/mol. The van der Waals surface area contributed by atoms with Gasteiger partial charge in [0.15, 0.2) is 5.78 Å². The largest absolute Gasteiger partial charge is 0.324 e. The number of anilines is 2. The summed E-state index contributed by atoms with van der Waals surface area (Å²) in [5.74, 6) is 0.428. The summed E-state index contributed by atoms with van der Waals surface area (Å²) in [7, 11) is 0. The molecule has 0 saturated carbocycles. The fourth-order valence-corrected chi connectivity index (χ4v) is 2.75. The van der Waals surface area contributed by atoms with Crippen molar-refractivity contribution in [3.8, 4) is 0 Å². The van der Waals surface area contributed by atoms with E-state index in [4.69, 9.17) is 0 Å². The summed E-state index contributed by atoms with van der Waals surface area (Å²) in [6, 6.07) is 17.6. The second-order valence-electron chi connectivity index (χ2n) is 5.97. The number of ketones is 1. The third-order valence-corrected chi connectivity index (χ3v) is 3.98. The molecule has 0 fully saturated rings. The van der Waals surface area contributed by atoms with Gasteiger partial charge in [-0.25, -0.2) is 9.78 Å². The second kappa shape index (κ2) is 7.61. The Labute approximate surface area is 152 Å². The van der Waals surface area contributed by atoms with E-state index in [2.05, 4.69) is 15.6 Å². The van der Waals surface area contributed by atoms with Crippen LogP contribution in [0.3, 0.4) is 0 Å². The Balaban J connectivity index is 1.79. The summed E-state index contributed by atoms with van der Waals surface area (Å²) in [6.07, 6.45) is 1.61. The number of amides is 2. The smallest absolute Gasteiger partial charge is 0.307 e. The Kier molecular flexibility index (Phi) is 5.08. The molecule has 2 N–H and O–H groups in total. The topological polar surface area (TPSA) is 71.1 Å². The van der Waals surface area contributed by atoms with E-state index in [1.54, 1.807) is 48.7 Å². The lowest BCUT2D eigenvalue weighted by Gasteiger charge is -2.14. The van der Waals surface area contributed by atoms with Crippen molar-refractivity contribution < 1.29 is 9.59 Å². The number of benzene rings is 2. The van der Waals surface area contributed by atoms with Crippen molar-refractivity contribution in [3.63, 3.8) is 0 Å². The maximum atomic E-state index is 12.6. The summed E-state index contributed by atoms with van der Waals surface area (Å²) in [4.78, 5) is 28.9. The molecule has 1 heterocycles. The molecule has 0 bridgehead atoms. The van der Waals surface area contributed by atoms with Gasteiger partial charge in [0.05, 0.1) is 0 Å². The van der Waals surface area contributed by atoms with Gasteiger partial charge in [0.25, 0.3) is 0 Å². The van der Waals surface area contributed by atoms with Gasteiger partial charge in [0.2, 0.25) is 0 Å². The number of nitrogens with zero attached hydrogens (tertiary/aromatic N) is 1. The SMILES string of the molecule is Cc1cc(C(=O)c2ccccc2)cc(C)c1NC(=O)Nc1ccccn1. The number of rotatable bonds is 4. The number of carbonyl (C=O) groups is 2. The van der Waals surface area contributed by atoms with Crippen LogP contribution in [-0.2, 0) is 0 Å². The summed E-state index contributed by atoms with van der Waals surface area (Å²) >= 11 is 0. The average molecular weight is 345 g/mol. The highest BCUT2D eigenvalue weighted by molar-refractivity contribution is 6.10. The minimum atomic E-state index is -0.378. The van der Waals surface area contributed by atoms with Crippen LogP contribution < -0.4 is 10.6 Å². The third-order valence-electron chi connectivity index (χ3n) is 3.98. The first-order chi connectivity index (χ1) is 12.5. The number of hydrogen-bond donors (Lipinski definition) is 2. The fraction of sp³-hybridized carbons (Fsp3) is 0.0952. The van der Waals surface area contributed by atoms with Gasteiger partial charge in [0.1, 0.15) is 5.82 Å². The molecular weight excluding hydrogens is 326 g/mol. The lowest BCUT2D eigenvalue weighted by atomic mass is 9.98. The van der Waals surface area contributed by atoms with Crippen LogP contribution in [-0.4, -0.2) is 16.8 Å². The Hall–Kier alpha value is -3.47. The van der Waals surface area contributed by atoms with Gasteiger partial charge in [-0.15, -0.1) is 0 Å². The Morgan fingerprint density at radius 1 is 0.808 bits per heavy atom. The molecule has 5 nitrogen and oxygen atoms in total. The quantitative estimate of drug-likeness (QED) is 0.680. The molecule has 0 spiro atoms. The highest BCUT2D eigenvalue weighted by Crippen LogP contribution is 2.24. The van der Waals surface area contributed by atoms with E-state index in [0.717, 1.165) is 11.1 Å². The van der Waals surface area contributed by atoms with Crippen LogP contribution in [0.2, 0.25) is 0 Å². The molecule has 0 saturated heterocycles. The third kappa shape index (κ3) is 3.95. The van der Waals surface area contributed by atoms with Gasteiger partial charge in [0, 0.05) is 23.0 Å². The molecular formula is C21H19N3O2. The number of urea groups is 1. The van der Waals surface area contributed by atoms with Gasteiger partial charge in [-0.1, -0.05) is 36.4 Å². The number of carbonyl (C=O) groups excluding carboxylic acids is 2. The summed E-state index contributed by atoms with van der Waals surface area (Å²) in [5, 5.41) is 5.51. The average Bonchev–Trinajstić information content (AvgIpc) is 2.65. The monoisotopic (exact) mass is 345 g/mol. The van der Waals surface area contributed by atoms with Crippen LogP contribution in [0.25, 0.3) is 0 Å². The zero-order chi connectivity index (χ0) is 18.5. The zero-order valence-electron chi connectivity index (χ0n) is 14.6. The minimum Gasteiger partial charge on any atom is -0.307 e. The predicted octanol–water partition coefficient (Wildman–Crippen LogP) is 4.57. The summed E-state index contributed by atoms with van der Waals surface area (Å²) in [6.45, 7) is 3.73. The van der Waals surface area contributed by atoms with Crippen LogP contribution in [0.15, 0.2) is 66.9 Å². The van der Waals surface area contributed by atoms with E-state index in [1.165, 1.54) is 0 Å². The fourth-order valence-electron chi connectivity index (χ4n) is 2.75. The van der Waals surface area contributed by atoms with Gasteiger partial charge in [-0.05, 0) is 49.2 Å². The van der Waals surface area contributed by atoms with Crippen LogP contribution in [0.5, 0.6) is 0 Å². The van der Waals surface area contributed by atoms with Gasteiger partial charge in [-0.2, -0.15) is 0 Å². The highest BCUT2D eigenvalue weighted by Gasteiger charge is 2.14. The molecule has 5 heteroatoms. The highest BCUT2D eigenvalue weighted by atomic mass is 16.2. The van der Waals surface area contributed by atoms with Crippen molar-refractivity contribution >= 4 is 23.3 Å². The first kappa shape index (κ1) is 17.4. The number of pyridine rings is 1. The van der Waals surface area contributed by atoms with E-state index in [9.17, 15) is 9.59 Å². The molecule has 26 heavy (non-hydrogen) atoms. The van der Waals surface area contributed by atoms with Crippen molar-refractivity contribution in [2.45, 2.75) is 13.8 Å². The number of nitrogens with one attached hydrogen (secondary N) is 2. The first-order valence-corrected chi connectivity index (χ1v) is 8.24. The molecule has 0 atom stereocenters. The lowest BCUT2D eigenvalue weighted by molar-refractivity contribution is 0.103. The molecule has 3 rings (SSSR count). The molecule has 2 amide bonds. The molecule has 130 valence electrons. The summed E-state index contributed by atoms with van der Waals surface area (Å²) < 4.78 is 0. The van der Waals surface area contributed by atoms with Crippen molar-refractivity contribution in [1.29, 1.82) is 0 Å². The minimum absolute atomic E-state index is 0.0405. The van der Waals surface area contributed by atoms with E-state index < -0.39 is 0 Å². The standard InChI is InChI=1S/C21H19N3O2/c1-14-12-17(20(25)16-8-4-3-5-9-16)13-15(2)19(14)24-21(26)23-18-10-6-7-11-22-18/h3-13H,1-2H3,(H2,22,23,24,26). The van der Waals surface area contributed by atoms with E-state index >= 15 is 0 Å². The van der Waals surface area contributed by atoms with Crippen molar-refractivity contribution in [1.82, 2.24) is 4.98 Å². The maximum absolute atomic E-state index is 12.6. The number of hydrogen-bond acceptors (Lipinski definition) is 3.